The van der Waals surface area contributed by atoms with E-state index in [0.29, 0.717) is 17.7 Å². The van der Waals surface area contributed by atoms with E-state index in [9.17, 15) is 9.59 Å². The van der Waals surface area contributed by atoms with Crippen LogP contribution >= 0.6 is 12.6 Å². The molecule has 0 heterocycles. The van der Waals surface area contributed by atoms with E-state index < -0.39 is 6.04 Å². The van der Waals surface area contributed by atoms with Crippen molar-refractivity contribution in [1.29, 1.82) is 0 Å². The zero-order valence-corrected chi connectivity index (χ0v) is 10.0. The van der Waals surface area contributed by atoms with Gasteiger partial charge in [-0.15, -0.1) is 0 Å². The Kier molecular flexibility index (Phi) is 4.45. The van der Waals surface area contributed by atoms with Crippen LogP contribution in [0.2, 0.25) is 0 Å². The summed E-state index contributed by atoms with van der Waals surface area (Å²) in [5.74, 6) is 0.620. The number of thiol groups is 1. The van der Waals surface area contributed by atoms with Gasteiger partial charge in [-0.1, -0.05) is 13.3 Å². The minimum Gasteiger partial charge on any atom is -0.351 e. The van der Waals surface area contributed by atoms with Crippen LogP contribution in [-0.4, -0.2) is 29.7 Å². The first-order valence-electron chi connectivity index (χ1n) is 5.26. The lowest BCUT2D eigenvalue weighted by Crippen LogP contribution is -2.48. The molecule has 1 saturated carbocycles. The van der Waals surface area contributed by atoms with E-state index in [1.54, 1.807) is 0 Å². The molecule has 1 aliphatic carbocycles. The van der Waals surface area contributed by atoms with Crippen molar-refractivity contribution in [3.05, 3.63) is 0 Å². The van der Waals surface area contributed by atoms with E-state index >= 15 is 0 Å². The van der Waals surface area contributed by atoms with Gasteiger partial charge in [0.25, 0.3) is 0 Å². The fourth-order valence-corrected chi connectivity index (χ4v) is 1.86. The summed E-state index contributed by atoms with van der Waals surface area (Å²) in [5.41, 5.74) is 0. The van der Waals surface area contributed by atoms with Crippen molar-refractivity contribution in [1.82, 2.24) is 10.6 Å². The molecule has 1 aliphatic rings. The lowest BCUT2D eigenvalue weighted by Gasteiger charge is -2.15. The van der Waals surface area contributed by atoms with Crippen LogP contribution in [0.5, 0.6) is 0 Å². The lowest BCUT2D eigenvalue weighted by atomic mass is 10.3. The monoisotopic (exact) mass is 230 g/mol. The first-order chi connectivity index (χ1) is 7.08. The molecule has 3 atom stereocenters. The second kappa shape index (κ2) is 5.39. The summed E-state index contributed by atoms with van der Waals surface area (Å²) in [6, 6.07) is -0.206. The van der Waals surface area contributed by atoms with Gasteiger partial charge in [0.05, 0.1) is 0 Å². The maximum Gasteiger partial charge on any atom is 0.243 e. The summed E-state index contributed by atoms with van der Waals surface area (Å²) in [6.45, 7) is 3.51. The lowest BCUT2D eigenvalue weighted by molar-refractivity contribution is -0.127. The molecular formula is C10H18N2O2S. The van der Waals surface area contributed by atoms with Gasteiger partial charge in [0, 0.05) is 18.7 Å². The van der Waals surface area contributed by atoms with Crippen LogP contribution in [0.1, 0.15) is 26.7 Å². The molecule has 2 N–H and O–H groups in total. The van der Waals surface area contributed by atoms with E-state index in [2.05, 4.69) is 30.2 Å². The van der Waals surface area contributed by atoms with Crippen LogP contribution < -0.4 is 10.6 Å². The van der Waals surface area contributed by atoms with Gasteiger partial charge >= 0.3 is 0 Å². The molecule has 3 unspecified atom stereocenters. The molecule has 0 saturated heterocycles. The Morgan fingerprint density at radius 1 is 1.53 bits per heavy atom. The zero-order chi connectivity index (χ0) is 11.4. The van der Waals surface area contributed by atoms with Crippen LogP contribution in [0.4, 0.5) is 0 Å². The van der Waals surface area contributed by atoms with Gasteiger partial charge in [0.15, 0.2) is 0 Å². The van der Waals surface area contributed by atoms with Gasteiger partial charge in [-0.2, -0.15) is 12.6 Å². The molecule has 0 aromatic heterocycles. The average molecular weight is 230 g/mol. The zero-order valence-electron chi connectivity index (χ0n) is 9.12. The fourth-order valence-electron chi connectivity index (χ4n) is 1.60. The molecule has 86 valence electrons. The number of hydrogen-bond acceptors (Lipinski definition) is 3. The molecule has 0 bridgehead atoms. The second-order valence-electron chi connectivity index (χ2n) is 3.95. The van der Waals surface area contributed by atoms with Crippen LogP contribution in [0, 0.1) is 5.92 Å². The van der Waals surface area contributed by atoms with E-state index in [1.807, 2.05) is 0 Å². The number of nitrogens with one attached hydrogen (secondary N) is 2. The Bertz CT molecular complexity index is 258. The molecule has 5 heteroatoms. The smallest absolute Gasteiger partial charge is 0.243 e. The molecule has 4 nitrogen and oxygen atoms in total. The number of carbonyl (C=O) groups is 2. The van der Waals surface area contributed by atoms with E-state index in [-0.39, 0.29) is 11.8 Å². The average Bonchev–Trinajstić information content (AvgIpc) is 2.92. The van der Waals surface area contributed by atoms with Crippen LogP contribution in [0.15, 0.2) is 0 Å². The van der Waals surface area contributed by atoms with Crippen molar-refractivity contribution in [3.8, 4) is 0 Å². The van der Waals surface area contributed by atoms with Crippen molar-refractivity contribution in [2.45, 2.75) is 38.8 Å². The first kappa shape index (κ1) is 12.4. The predicted molar refractivity (Wildman–Crippen MR) is 61.8 cm³/mol. The Balaban J connectivity index is 2.34. The summed E-state index contributed by atoms with van der Waals surface area (Å²) < 4.78 is 0. The molecular weight excluding hydrogens is 212 g/mol. The number of carbonyl (C=O) groups excluding carboxylic acids is 2. The maximum atomic E-state index is 11.6. The molecule has 0 aromatic rings. The van der Waals surface area contributed by atoms with Gasteiger partial charge in [0.2, 0.25) is 11.8 Å². The molecule has 0 radical (unpaired) electrons. The highest BCUT2D eigenvalue weighted by Crippen LogP contribution is 2.33. The number of rotatable bonds is 5. The highest BCUT2D eigenvalue weighted by molar-refractivity contribution is 7.80. The minimum absolute atomic E-state index is 0.124. The van der Waals surface area contributed by atoms with Crippen molar-refractivity contribution in [2.24, 2.45) is 5.92 Å². The summed E-state index contributed by atoms with van der Waals surface area (Å²) in [6.07, 6.45) is 2.15. The number of amides is 2. The Morgan fingerprint density at radius 2 is 2.20 bits per heavy atom. The summed E-state index contributed by atoms with van der Waals surface area (Å²) in [4.78, 5) is 22.5. The topological polar surface area (TPSA) is 58.2 Å². The summed E-state index contributed by atoms with van der Waals surface area (Å²) >= 11 is 4.04. The van der Waals surface area contributed by atoms with Gasteiger partial charge in [-0.25, -0.2) is 0 Å². The summed E-state index contributed by atoms with van der Waals surface area (Å²) in [7, 11) is 0. The van der Waals surface area contributed by atoms with Crippen molar-refractivity contribution < 1.29 is 9.59 Å². The molecule has 1 fully saturated rings. The van der Waals surface area contributed by atoms with Gasteiger partial charge in [-0.05, 0) is 12.3 Å². The largest absolute Gasteiger partial charge is 0.351 e. The third kappa shape index (κ3) is 3.74. The molecule has 0 aliphatic heterocycles. The predicted octanol–water partition coefficient (Wildman–Crippen LogP) is 0.336. The highest BCUT2D eigenvalue weighted by atomic mass is 32.1. The minimum atomic E-state index is -0.510. The molecule has 0 aromatic carbocycles. The van der Waals surface area contributed by atoms with Gasteiger partial charge in [-0.3, -0.25) is 9.59 Å². The van der Waals surface area contributed by atoms with E-state index in [1.165, 1.54) is 6.92 Å². The maximum absolute atomic E-state index is 11.6. The van der Waals surface area contributed by atoms with Crippen molar-refractivity contribution in [2.75, 3.05) is 5.75 Å². The van der Waals surface area contributed by atoms with Crippen LogP contribution in [0.3, 0.4) is 0 Å². The normalized spacial score (nSPS) is 25.5. The highest BCUT2D eigenvalue weighted by Gasteiger charge is 2.37. The van der Waals surface area contributed by atoms with Crippen molar-refractivity contribution >= 4 is 24.4 Å². The van der Waals surface area contributed by atoms with Crippen molar-refractivity contribution in [3.63, 3.8) is 0 Å². The fraction of sp³-hybridized carbons (Fsp3) is 0.800. The Hall–Kier alpha value is -0.710. The standard InChI is InChI=1S/C10H18N2O2S/c1-3-7-4-8(7)12-10(14)9(5-15)11-6(2)13/h7-9,15H,3-5H2,1-2H3,(H,11,13)(H,12,14). The van der Waals surface area contributed by atoms with Gasteiger partial charge in [0.1, 0.15) is 6.04 Å². The third-order valence-electron chi connectivity index (χ3n) is 2.65. The molecule has 15 heavy (non-hydrogen) atoms. The Labute approximate surface area is 95.6 Å². The van der Waals surface area contributed by atoms with E-state index in [0.717, 1.165) is 12.8 Å². The summed E-state index contributed by atoms with van der Waals surface area (Å²) in [5, 5.41) is 5.48. The van der Waals surface area contributed by atoms with E-state index in [4.69, 9.17) is 0 Å². The molecule has 0 spiro atoms. The van der Waals surface area contributed by atoms with Crippen LogP contribution in [-0.2, 0) is 9.59 Å². The second-order valence-corrected chi connectivity index (χ2v) is 4.32. The molecule has 2 amide bonds. The quantitative estimate of drug-likeness (QED) is 0.596. The first-order valence-corrected chi connectivity index (χ1v) is 5.90. The third-order valence-corrected chi connectivity index (χ3v) is 3.02. The Morgan fingerprint density at radius 3 is 2.60 bits per heavy atom. The van der Waals surface area contributed by atoms with Gasteiger partial charge < -0.3 is 10.6 Å². The van der Waals surface area contributed by atoms with Crippen LogP contribution in [0.25, 0.3) is 0 Å². The number of hydrogen-bond donors (Lipinski definition) is 3. The molecule has 1 rings (SSSR count). The SMILES string of the molecule is CCC1CC1NC(=O)C(CS)NC(C)=O.